The van der Waals surface area contributed by atoms with Gasteiger partial charge in [0, 0.05) is 5.70 Å². The third-order valence-electron chi connectivity index (χ3n) is 3.62. The number of hydrogen-bond acceptors (Lipinski definition) is 3. The van der Waals surface area contributed by atoms with Gasteiger partial charge < -0.3 is 0 Å². The Morgan fingerprint density at radius 3 is 2.57 bits per heavy atom. The summed E-state index contributed by atoms with van der Waals surface area (Å²) in [5.41, 5.74) is 3.76. The van der Waals surface area contributed by atoms with Crippen molar-refractivity contribution in [3.63, 3.8) is 0 Å². The summed E-state index contributed by atoms with van der Waals surface area (Å²) in [4.78, 5) is 12.8. The molecule has 21 heavy (non-hydrogen) atoms. The number of para-hydroxylation sites is 2. The van der Waals surface area contributed by atoms with Crippen molar-refractivity contribution in [3.05, 3.63) is 52.0 Å². The van der Waals surface area contributed by atoms with E-state index in [0.717, 1.165) is 23.5 Å². The second-order valence-corrected chi connectivity index (χ2v) is 5.07. The number of aromatic nitrogens is 2. The normalized spacial score (nSPS) is 13.0. The molecule has 1 aromatic heterocycles. The van der Waals surface area contributed by atoms with Crippen LogP contribution >= 0.6 is 0 Å². The number of nitrogens with one attached hydrogen (secondary N) is 1. The number of benzene rings is 1. The molecule has 1 aliphatic carbocycles. The SMILES string of the molecule is C=C(C)n1c2c(n(-c3ccccc3NO)c1=O)=CCCC=2. The van der Waals surface area contributed by atoms with E-state index in [1.54, 1.807) is 27.3 Å². The molecule has 0 bridgehead atoms. The molecule has 5 heteroatoms. The van der Waals surface area contributed by atoms with Gasteiger partial charge in [0.15, 0.2) is 0 Å². The predicted molar refractivity (Wildman–Crippen MR) is 83.9 cm³/mol. The molecule has 0 spiro atoms. The van der Waals surface area contributed by atoms with Gasteiger partial charge in [0.05, 0.1) is 22.1 Å². The van der Waals surface area contributed by atoms with Gasteiger partial charge in [0.1, 0.15) is 0 Å². The van der Waals surface area contributed by atoms with Gasteiger partial charge in [-0.2, -0.15) is 0 Å². The van der Waals surface area contributed by atoms with Gasteiger partial charge in [0.2, 0.25) is 0 Å². The summed E-state index contributed by atoms with van der Waals surface area (Å²) in [7, 11) is 0. The van der Waals surface area contributed by atoms with Crippen LogP contribution in [-0.4, -0.2) is 14.3 Å². The maximum absolute atomic E-state index is 12.8. The fourth-order valence-corrected chi connectivity index (χ4v) is 2.73. The highest BCUT2D eigenvalue weighted by Gasteiger charge is 2.15. The molecule has 1 aliphatic rings. The van der Waals surface area contributed by atoms with E-state index in [9.17, 15) is 10.0 Å². The largest absolute Gasteiger partial charge is 0.338 e. The fraction of sp³-hybridized carbons (Fsp3) is 0.188. The van der Waals surface area contributed by atoms with Crippen LogP contribution < -0.4 is 21.9 Å². The van der Waals surface area contributed by atoms with Crippen LogP contribution in [0.15, 0.2) is 35.6 Å². The maximum Gasteiger partial charge on any atom is 0.338 e. The molecule has 5 nitrogen and oxygen atoms in total. The standard InChI is InChI=1S/C16H17N3O2/c1-11(2)18-14-9-5-6-10-15(14)19(16(18)20)13-8-4-3-7-12(13)17-21/h3-4,7-10,17,21H,1,5-6H2,2H3. The Bertz CT molecular complexity index is 887. The van der Waals surface area contributed by atoms with Crippen LogP contribution in [0.3, 0.4) is 0 Å². The maximum atomic E-state index is 12.8. The zero-order valence-corrected chi connectivity index (χ0v) is 11.8. The van der Waals surface area contributed by atoms with Gasteiger partial charge in [-0.1, -0.05) is 30.9 Å². The van der Waals surface area contributed by atoms with E-state index in [1.807, 2.05) is 19.1 Å². The third kappa shape index (κ3) is 2.02. The molecule has 0 amide bonds. The minimum atomic E-state index is -0.176. The van der Waals surface area contributed by atoms with Gasteiger partial charge in [0.25, 0.3) is 0 Å². The van der Waals surface area contributed by atoms with E-state index in [1.165, 1.54) is 0 Å². The first-order valence-corrected chi connectivity index (χ1v) is 6.84. The lowest BCUT2D eigenvalue weighted by Crippen LogP contribution is -2.34. The summed E-state index contributed by atoms with van der Waals surface area (Å²) in [6.45, 7) is 5.70. The molecule has 1 aromatic carbocycles. The van der Waals surface area contributed by atoms with E-state index >= 15 is 0 Å². The zero-order valence-electron chi connectivity index (χ0n) is 11.8. The van der Waals surface area contributed by atoms with Crippen molar-refractivity contribution >= 4 is 23.5 Å². The number of fused-ring (bicyclic) bond motifs is 1. The van der Waals surface area contributed by atoms with Crippen LogP contribution in [0.25, 0.3) is 23.5 Å². The average Bonchev–Trinajstić information content (AvgIpc) is 2.79. The van der Waals surface area contributed by atoms with Gasteiger partial charge in [-0.15, -0.1) is 0 Å². The number of anilines is 1. The molecule has 2 N–H and O–H groups in total. The van der Waals surface area contributed by atoms with Crippen LogP contribution in [0.5, 0.6) is 0 Å². The second kappa shape index (κ2) is 5.10. The topological polar surface area (TPSA) is 59.2 Å². The van der Waals surface area contributed by atoms with Crippen LogP contribution in [-0.2, 0) is 0 Å². The summed E-state index contributed by atoms with van der Waals surface area (Å²) in [5.74, 6) is 0. The number of imidazole rings is 1. The van der Waals surface area contributed by atoms with E-state index in [-0.39, 0.29) is 5.69 Å². The van der Waals surface area contributed by atoms with Crippen molar-refractivity contribution < 1.29 is 5.21 Å². The van der Waals surface area contributed by atoms with Crippen LogP contribution in [0.4, 0.5) is 5.69 Å². The van der Waals surface area contributed by atoms with Gasteiger partial charge in [-0.25, -0.2) is 4.79 Å². The van der Waals surface area contributed by atoms with Gasteiger partial charge >= 0.3 is 5.69 Å². The highest BCUT2D eigenvalue weighted by molar-refractivity contribution is 5.60. The molecular weight excluding hydrogens is 266 g/mol. The number of hydrogen-bond donors (Lipinski definition) is 2. The lowest BCUT2D eigenvalue weighted by atomic mass is 10.2. The first-order chi connectivity index (χ1) is 10.1. The lowest BCUT2D eigenvalue weighted by molar-refractivity contribution is 0.388. The van der Waals surface area contributed by atoms with E-state index in [2.05, 4.69) is 18.1 Å². The zero-order chi connectivity index (χ0) is 15.0. The Hall–Kier alpha value is -2.53. The summed E-state index contributed by atoms with van der Waals surface area (Å²) in [6, 6.07) is 7.15. The van der Waals surface area contributed by atoms with Crippen LogP contribution in [0.1, 0.15) is 19.8 Å². The first kappa shape index (κ1) is 13.5. The highest BCUT2D eigenvalue weighted by atomic mass is 16.5. The Kier molecular flexibility index (Phi) is 3.27. The Morgan fingerprint density at radius 2 is 1.90 bits per heavy atom. The van der Waals surface area contributed by atoms with E-state index in [0.29, 0.717) is 17.1 Å². The van der Waals surface area contributed by atoms with E-state index < -0.39 is 0 Å². The fourth-order valence-electron chi connectivity index (χ4n) is 2.73. The minimum Gasteiger partial charge on any atom is -0.291 e. The molecule has 2 aromatic rings. The summed E-state index contributed by atoms with van der Waals surface area (Å²) >= 11 is 0. The molecule has 0 fully saturated rings. The van der Waals surface area contributed by atoms with Crippen LogP contribution in [0.2, 0.25) is 0 Å². The van der Waals surface area contributed by atoms with Crippen molar-refractivity contribution in [2.75, 3.05) is 5.48 Å². The molecule has 0 atom stereocenters. The van der Waals surface area contributed by atoms with Crippen molar-refractivity contribution in [2.24, 2.45) is 0 Å². The van der Waals surface area contributed by atoms with Gasteiger partial charge in [-0.05, 0) is 31.9 Å². The van der Waals surface area contributed by atoms with Crippen molar-refractivity contribution in [1.29, 1.82) is 0 Å². The summed E-state index contributed by atoms with van der Waals surface area (Å²) in [5, 5.41) is 11.0. The number of rotatable bonds is 3. The highest BCUT2D eigenvalue weighted by Crippen LogP contribution is 2.16. The molecule has 3 rings (SSSR count). The molecule has 0 saturated heterocycles. The molecule has 1 heterocycles. The Labute approximate surface area is 121 Å². The number of nitrogens with zero attached hydrogens (tertiary/aromatic N) is 2. The number of allylic oxidation sites excluding steroid dienone is 1. The second-order valence-electron chi connectivity index (χ2n) is 5.07. The average molecular weight is 283 g/mol. The molecular formula is C16H17N3O2. The molecule has 0 radical (unpaired) electrons. The van der Waals surface area contributed by atoms with Crippen molar-refractivity contribution in [3.8, 4) is 5.69 Å². The van der Waals surface area contributed by atoms with E-state index in [4.69, 9.17) is 0 Å². The molecule has 0 saturated carbocycles. The molecule has 0 unspecified atom stereocenters. The van der Waals surface area contributed by atoms with Gasteiger partial charge in [-0.3, -0.25) is 19.8 Å². The summed E-state index contributed by atoms with van der Waals surface area (Å²) < 4.78 is 3.22. The Morgan fingerprint density at radius 1 is 1.24 bits per heavy atom. The monoisotopic (exact) mass is 283 g/mol. The quantitative estimate of drug-likeness (QED) is 0.834. The van der Waals surface area contributed by atoms with Crippen molar-refractivity contribution in [2.45, 2.75) is 19.8 Å². The first-order valence-electron chi connectivity index (χ1n) is 6.84. The lowest BCUT2D eigenvalue weighted by Gasteiger charge is -2.08. The van der Waals surface area contributed by atoms with Crippen LogP contribution in [0, 0.1) is 0 Å². The summed E-state index contributed by atoms with van der Waals surface area (Å²) in [6.07, 6.45) is 5.90. The molecule has 108 valence electrons. The molecule has 0 aliphatic heterocycles. The third-order valence-corrected chi connectivity index (χ3v) is 3.62. The minimum absolute atomic E-state index is 0.176. The van der Waals surface area contributed by atoms with Crippen molar-refractivity contribution in [1.82, 2.24) is 9.13 Å². The smallest absolute Gasteiger partial charge is 0.291 e. The Balaban J connectivity index is 2.46. The predicted octanol–water partition coefficient (Wildman–Crippen LogP) is 1.29.